The Labute approximate surface area is 157 Å². The van der Waals surface area contributed by atoms with E-state index in [-0.39, 0.29) is 22.5 Å². The van der Waals surface area contributed by atoms with Crippen molar-refractivity contribution in [2.24, 2.45) is 16.5 Å². The third kappa shape index (κ3) is 3.60. The number of amides is 1. The van der Waals surface area contributed by atoms with Crippen molar-refractivity contribution in [2.75, 3.05) is 0 Å². The number of hydrogen-bond acceptors (Lipinski definition) is 2. The first-order chi connectivity index (χ1) is 12.7. The monoisotopic (exact) mass is 362 g/mol. The Morgan fingerprint density at radius 3 is 2.11 bits per heavy atom. The van der Waals surface area contributed by atoms with Crippen LogP contribution in [0.1, 0.15) is 36.7 Å². The Bertz CT molecular complexity index is 1100. The van der Waals surface area contributed by atoms with Crippen molar-refractivity contribution in [3.8, 4) is 5.69 Å². The molecule has 0 atom stereocenters. The zero-order valence-corrected chi connectivity index (χ0v) is 15.6. The molecule has 0 spiro atoms. The minimum atomic E-state index is -0.591. The smallest absolute Gasteiger partial charge is 0.282 e. The fourth-order valence-corrected chi connectivity index (χ4v) is 2.95. The summed E-state index contributed by atoms with van der Waals surface area (Å²) in [6.45, 7) is 6.36. The number of nitrogens with two attached hydrogens (primary N) is 2. The highest BCUT2D eigenvalue weighted by Crippen LogP contribution is 2.24. The van der Waals surface area contributed by atoms with Crippen molar-refractivity contribution in [3.63, 3.8) is 0 Å². The molecule has 6 heteroatoms. The number of guanidine groups is 1. The first-order valence-corrected chi connectivity index (χ1v) is 8.58. The second-order valence-electron chi connectivity index (χ2n) is 7.40. The molecule has 27 heavy (non-hydrogen) atoms. The normalized spacial score (nSPS) is 11.4. The third-order valence-corrected chi connectivity index (χ3v) is 4.40. The van der Waals surface area contributed by atoms with E-state index in [1.54, 1.807) is 24.3 Å². The van der Waals surface area contributed by atoms with Gasteiger partial charge in [0, 0.05) is 22.7 Å². The lowest BCUT2D eigenvalue weighted by molar-refractivity contribution is 0.100. The molecular weight excluding hydrogens is 340 g/mol. The van der Waals surface area contributed by atoms with Gasteiger partial charge in [-0.05, 0) is 29.2 Å². The van der Waals surface area contributed by atoms with Crippen LogP contribution in [0.4, 0.5) is 0 Å². The minimum Gasteiger partial charge on any atom is -0.370 e. The number of aliphatic imine (C=N–C) groups is 1. The van der Waals surface area contributed by atoms with Crippen molar-refractivity contribution in [3.05, 3.63) is 76.2 Å². The van der Waals surface area contributed by atoms with Gasteiger partial charge in [-0.1, -0.05) is 51.1 Å². The van der Waals surface area contributed by atoms with Crippen molar-refractivity contribution >= 4 is 22.6 Å². The topological polar surface area (TPSA) is 103 Å². The molecule has 0 fully saturated rings. The van der Waals surface area contributed by atoms with Gasteiger partial charge < -0.3 is 11.5 Å². The Kier molecular flexibility index (Phi) is 4.57. The van der Waals surface area contributed by atoms with E-state index in [4.69, 9.17) is 11.5 Å². The van der Waals surface area contributed by atoms with Gasteiger partial charge in [0.1, 0.15) is 0 Å². The Balaban J connectivity index is 2.25. The van der Waals surface area contributed by atoms with Gasteiger partial charge in [-0.15, -0.1) is 0 Å². The molecule has 0 unspecified atom stereocenters. The maximum absolute atomic E-state index is 13.0. The number of fused-ring (bicyclic) bond motifs is 1. The number of aromatic nitrogens is 1. The van der Waals surface area contributed by atoms with E-state index in [9.17, 15) is 9.59 Å². The maximum atomic E-state index is 13.0. The molecule has 2 aromatic carbocycles. The highest BCUT2D eigenvalue weighted by atomic mass is 16.1. The predicted octanol–water partition coefficient (Wildman–Crippen LogP) is 2.70. The molecule has 1 heterocycles. The summed E-state index contributed by atoms with van der Waals surface area (Å²) in [5.74, 6) is -0.914. The van der Waals surface area contributed by atoms with Crippen molar-refractivity contribution in [1.82, 2.24) is 4.57 Å². The molecule has 4 N–H and O–H groups in total. The van der Waals surface area contributed by atoms with Crippen LogP contribution in [0, 0.1) is 0 Å². The van der Waals surface area contributed by atoms with Crippen molar-refractivity contribution < 1.29 is 4.79 Å². The van der Waals surface area contributed by atoms with E-state index in [1.165, 1.54) is 10.8 Å². The molecule has 0 radical (unpaired) electrons. The third-order valence-electron chi connectivity index (χ3n) is 4.40. The van der Waals surface area contributed by atoms with Crippen LogP contribution < -0.4 is 17.0 Å². The van der Waals surface area contributed by atoms with Crippen LogP contribution in [-0.2, 0) is 5.41 Å². The molecule has 0 aliphatic carbocycles. The fourth-order valence-electron chi connectivity index (χ4n) is 2.95. The summed E-state index contributed by atoms with van der Waals surface area (Å²) >= 11 is 0. The summed E-state index contributed by atoms with van der Waals surface area (Å²) in [5.41, 5.74) is 12.6. The second kappa shape index (κ2) is 6.72. The highest BCUT2D eigenvalue weighted by Gasteiger charge is 2.17. The lowest BCUT2D eigenvalue weighted by Gasteiger charge is -2.19. The Hall–Kier alpha value is -3.41. The van der Waals surface area contributed by atoms with Gasteiger partial charge >= 0.3 is 0 Å². The number of carbonyl (C=O) groups is 1. The average molecular weight is 362 g/mol. The number of hydrogen-bond donors (Lipinski definition) is 2. The summed E-state index contributed by atoms with van der Waals surface area (Å²) in [4.78, 5) is 29.1. The number of benzene rings is 2. The lowest BCUT2D eigenvalue weighted by Crippen LogP contribution is -2.25. The summed E-state index contributed by atoms with van der Waals surface area (Å²) in [6, 6.07) is 14.6. The van der Waals surface area contributed by atoms with Crippen molar-refractivity contribution in [2.45, 2.75) is 26.2 Å². The van der Waals surface area contributed by atoms with Crippen LogP contribution in [0.25, 0.3) is 16.5 Å². The van der Waals surface area contributed by atoms with Crippen LogP contribution in [0.3, 0.4) is 0 Å². The number of nitrogens with zero attached hydrogens (tertiary/aromatic N) is 2. The van der Waals surface area contributed by atoms with E-state index in [0.29, 0.717) is 16.5 Å². The minimum absolute atomic E-state index is 0.00136. The number of carbonyl (C=O) groups excluding carboxylic acids is 1. The molecule has 0 saturated heterocycles. The molecule has 3 aromatic rings. The molecule has 6 nitrogen and oxygen atoms in total. The number of pyridine rings is 1. The Morgan fingerprint density at radius 1 is 0.963 bits per heavy atom. The van der Waals surface area contributed by atoms with Gasteiger partial charge in [0.05, 0.1) is 5.56 Å². The lowest BCUT2D eigenvalue weighted by atomic mass is 9.87. The summed E-state index contributed by atoms with van der Waals surface area (Å²) in [7, 11) is 0. The van der Waals surface area contributed by atoms with Crippen LogP contribution in [0.2, 0.25) is 0 Å². The van der Waals surface area contributed by atoms with E-state index in [1.807, 2.05) is 24.3 Å². The molecule has 0 aliphatic heterocycles. The van der Waals surface area contributed by atoms with Gasteiger partial charge in [0.15, 0.2) is 5.96 Å². The van der Waals surface area contributed by atoms with Crippen LogP contribution in [-0.4, -0.2) is 16.4 Å². The maximum Gasteiger partial charge on any atom is 0.282 e. The average Bonchev–Trinajstić information content (AvgIpc) is 2.61. The first-order valence-electron chi connectivity index (χ1n) is 8.58. The Morgan fingerprint density at radius 2 is 1.56 bits per heavy atom. The van der Waals surface area contributed by atoms with E-state index < -0.39 is 5.91 Å². The van der Waals surface area contributed by atoms with Crippen molar-refractivity contribution in [1.29, 1.82) is 0 Å². The van der Waals surface area contributed by atoms with Crippen LogP contribution in [0.15, 0.2) is 64.5 Å². The summed E-state index contributed by atoms with van der Waals surface area (Å²) in [5, 5.41) is 0.939. The van der Waals surface area contributed by atoms with Crippen LogP contribution >= 0.6 is 0 Å². The molecule has 0 aliphatic rings. The van der Waals surface area contributed by atoms with E-state index >= 15 is 0 Å². The molecule has 0 saturated carbocycles. The van der Waals surface area contributed by atoms with Gasteiger partial charge in [-0.25, -0.2) is 0 Å². The zero-order valence-electron chi connectivity index (χ0n) is 15.6. The second-order valence-corrected chi connectivity index (χ2v) is 7.40. The molecule has 3 rings (SSSR count). The molecule has 0 bridgehead atoms. The van der Waals surface area contributed by atoms with Gasteiger partial charge in [-0.3, -0.25) is 14.2 Å². The van der Waals surface area contributed by atoms with Gasteiger partial charge in [0.2, 0.25) is 0 Å². The van der Waals surface area contributed by atoms with Crippen LogP contribution in [0.5, 0.6) is 0 Å². The van der Waals surface area contributed by atoms with E-state index in [2.05, 4.69) is 25.8 Å². The summed E-state index contributed by atoms with van der Waals surface area (Å²) in [6.07, 6.45) is 1.49. The zero-order chi connectivity index (χ0) is 19.8. The van der Waals surface area contributed by atoms with Gasteiger partial charge in [-0.2, -0.15) is 4.99 Å². The molecular formula is C21H22N4O2. The largest absolute Gasteiger partial charge is 0.370 e. The SMILES string of the molecule is CC(C)(C)c1ccc(-n2cc(C(=O)N=C(N)N)c3ccccc3c2=O)cc1. The highest BCUT2D eigenvalue weighted by molar-refractivity contribution is 6.10. The number of rotatable bonds is 2. The van der Waals surface area contributed by atoms with E-state index in [0.717, 1.165) is 5.56 Å². The predicted molar refractivity (Wildman–Crippen MR) is 108 cm³/mol. The molecule has 1 aromatic heterocycles. The quantitative estimate of drug-likeness (QED) is 0.540. The fraction of sp³-hybridized carbons (Fsp3) is 0.190. The van der Waals surface area contributed by atoms with Gasteiger partial charge in [0.25, 0.3) is 11.5 Å². The summed E-state index contributed by atoms with van der Waals surface area (Å²) < 4.78 is 1.45. The first kappa shape index (κ1) is 18.4. The standard InChI is InChI=1S/C21H22N4O2/c1-21(2,3)13-8-10-14(11-9-13)25-12-17(18(26)24-20(22)23)15-6-4-5-7-16(15)19(25)27/h4-12H,1-3H3,(H4,22,23,24,26). The molecule has 1 amide bonds. The molecule has 138 valence electrons.